The number of hydrogen-bond acceptors (Lipinski definition) is 7. The molecule has 0 aromatic heterocycles. The van der Waals surface area contributed by atoms with Gasteiger partial charge in [-0.05, 0) is 74.0 Å². The van der Waals surface area contributed by atoms with E-state index in [2.05, 4.69) is 5.32 Å². The lowest BCUT2D eigenvalue weighted by Crippen LogP contribution is -2.54. The Kier molecular flexibility index (Phi) is 7.44. The predicted molar refractivity (Wildman–Crippen MR) is 125 cm³/mol. The quantitative estimate of drug-likeness (QED) is 0.359. The van der Waals surface area contributed by atoms with Gasteiger partial charge in [0.25, 0.3) is 11.8 Å². The lowest BCUT2D eigenvalue weighted by molar-refractivity contribution is -0.312. The van der Waals surface area contributed by atoms with Gasteiger partial charge in [0.1, 0.15) is 11.7 Å². The fraction of sp³-hybridized carbons (Fsp3) is 0.250. The number of benzene rings is 2. The SMILES string of the molecule is CCOc1cc(/C=C2\C(=O)NC(=S)N(c3ccc(CC)cc3)C2=O)ccc1O[C@H](C)C(=O)[O-]. The maximum atomic E-state index is 13.2. The van der Waals surface area contributed by atoms with Crippen LogP contribution in [0.15, 0.2) is 48.0 Å². The standard InChI is InChI=1S/C24H24N2O6S/c1-4-15-6-9-17(10-7-15)26-22(28)18(21(27)25-24(26)33)12-16-8-11-19(20(13-16)31-5-2)32-14(3)23(29)30/h6-14H,4-5H2,1-3H3,(H,29,30)(H,25,27,33)/p-1/b18-12+/t14-/m1/s1. The highest BCUT2D eigenvalue weighted by Gasteiger charge is 2.34. The van der Waals surface area contributed by atoms with E-state index in [1.165, 1.54) is 24.0 Å². The minimum absolute atomic E-state index is 0.00131. The molecule has 1 N–H and O–H groups in total. The van der Waals surface area contributed by atoms with Gasteiger partial charge in [0.05, 0.1) is 18.3 Å². The van der Waals surface area contributed by atoms with Gasteiger partial charge in [0, 0.05) is 0 Å². The van der Waals surface area contributed by atoms with Crippen molar-refractivity contribution in [2.75, 3.05) is 11.5 Å². The average Bonchev–Trinajstić information content (AvgIpc) is 2.78. The molecule has 2 amide bonds. The molecule has 1 aliphatic rings. The number of nitrogens with zero attached hydrogens (tertiary/aromatic N) is 1. The molecule has 1 aliphatic heterocycles. The molecule has 0 unspecified atom stereocenters. The van der Waals surface area contributed by atoms with Crippen molar-refractivity contribution >= 4 is 46.9 Å². The fourth-order valence-electron chi connectivity index (χ4n) is 3.16. The van der Waals surface area contributed by atoms with Crippen LogP contribution in [-0.4, -0.2) is 35.6 Å². The summed E-state index contributed by atoms with van der Waals surface area (Å²) < 4.78 is 10.9. The van der Waals surface area contributed by atoms with Gasteiger partial charge in [0.2, 0.25) is 0 Å². The number of hydrogen-bond donors (Lipinski definition) is 1. The molecule has 172 valence electrons. The molecule has 0 saturated carbocycles. The second kappa shape index (κ2) is 10.3. The van der Waals surface area contributed by atoms with Crippen LogP contribution >= 0.6 is 12.2 Å². The van der Waals surface area contributed by atoms with Gasteiger partial charge in [-0.3, -0.25) is 19.8 Å². The summed E-state index contributed by atoms with van der Waals surface area (Å²) >= 11 is 5.23. The molecular formula is C24H23N2O6S-. The smallest absolute Gasteiger partial charge is 0.270 e. The molecule has 1 fully saturated rings. The molecule has 0 bridgehead atoms. The molecule has 0 aliphatic carbocycles. The summed E-state index contributed by atoms with van der Waals surface area (Å²) in [5, 5.41) is 13.6. The highest BCUT2D eigenvalue weighted by atomic mass is 32.1. The Labute approximate surface area is 196 Å². The van der Waals surface area contributed by atoms with Gasteiger partial charge in [-0.15, -0.1) is 0 Å². The third kappa shape index (κ3) is 5.38. The van der Waals surface area contributed by atoms with Gasteiger partial charge in [-0.1, -0.05) is 25.1 Å². The molecule has 2 aromatic carbocycles. The Balaban J connectivity index is 1.95. The first kappa shape index (κ1) is 23.9. The Morgan fingerprint density at radius 2 is 1.85 bits per heavy atom. The lowest BCUT2D eigenvalue weighted by Gasteiger charge is -2.29. The van der Waals surface area contributed by atoms with Crippen molar-refractivity contribution in [2.24, 2.45) is 0 Å². The molecule has 1 saturated heterocycles. The molecule has 0 spiro atoms. The fourth-order valence-corrected chi connectivity index (χ4v) is 3.44. The first-order valence-electron chi connectivity index (χ1n) is 10.4. The Hall–Kier alpha value is -3.72. The van der Waals surface area contributed by atoms with Crippen molar-refractivity contribution < 1.29 is 29.0 Å². The minimum Gasteiger partial charge on any atom is -0.546 e. The number of nitrogens with one attached hydrogen (secondary N) is 1. The van der Waals surface area contributed by atoms with Gasteiger partial charge < -0.3 is 19.4 Å². The van der Waals surface area contributed by atoms with Crippen LogP contribution in [0.2, 0.25) is 0 Å². The molecule has 33 heavy (non-hydrogen) atoms. The number of anilines is 1. The molecular weight excluding hydrogens is 444 g/mol. The number of ether oxygens (including phenoxy) is 2. The zero-order valence-corrected chi connectivity index (χ0v) is 19.2. The van der Waals surface area contributed by atoms with E-state index in [0.29, 0.717) is 17.9 Å². The van der Waals surface area contributed by atoms with E-state index in [0.717, 1.165) is 12.0 Å². The number of carboxylic acid groups (broad SMARTS) is 1. The second-order valence-corrected chi connectivity index (χ2v) is 7.58. The average molecular weight is 468 g/mol. The van der Waals surface area contributed by atoms with Crippen LogP contribution in [-0.2, 0) is 20.8 Å². The summed E-state index contributed by atoms with van der Waals surface area (Å²) in [4.78, 5) is 38.0. The van der Waals surface area contributed by atoms with E-state index < -0.39 is 23.9 Å². The van der Waals surface area contributed by atoms with Crippen LogP contribution in [0.3, 0.4) is 0 Å². The highest BCUT2D eigenvalue weighted by molar-refractivity contribution is 7.80. The summed E-state index contributed by atoms with van der Waals surface area (Å²) in [5.41, 5.74) is 2.03. The van der Waals surface area contributed by atoms with Crippen molar-refractivity contribution in [1.82, 2.24) is 5.32 Å². The van der Waals surface area contributed by atoms with Crippen LogP contribution in [0.5, 0.6) is 11.5 Å². The molecule has 3 rings (SSSR count). The van der Waals surface area contributed by atoms with E-state index in [1.807, 2.05) is 19.1 Å². The molecule has 9 heteroatoms. The third-order valence-corrected chi connectivity index (χ3v) is 5.20. The van der Waals surface area contributed by atoms with Gasteiger partial charge in [-0.25, -0.2) is 0 Å². The first-order valence-corrected chi connectivity index (χ1v) is 10.8. The number of aryl methyl sites for hydroxylation is 1. The second-order valence-electron chi connectivity index (χ2n) is 7.20. The van der Waals surface area contributed by atoms with Crippen LogP contribution in [0.1, 0.15) is 31.9 Å². The van der Waals surface area contributed by atoms with Crippen molar-refractivity contribution in [1.29, 1.82) is 0 Å². The number of carbonyl (C=O) groups excluding carboxylic acids is 3. The number of rotatable bonds is 8. The maximum absolute atomic E-state index is 13.2. The Morgan fingerprint density at radius 1 is 1.15 bits per heavy atom. The van der Waals surface area contributed by atoms with E-state index in [9.17, 15) is 19.5 Å². The summed E-state index contributed by atoms with van der Waals surface area (Å²) in [6.07, 6.45) is 1.08. The molecule has 2 aromatic rings. The minimum atomic E-state index is -1.36. The third-order valence-electron chi connectivity index (χ3n) is 4.92. The summed E-state index contributed by atoms with van der Waals surface area (Å²) in [6.45, 7) is 5.43. The number of amides is 2. The van der Waals surface area contributed by atoms with Gasteiger partial charge >= 0.3 is 0 Å². The van der Waals surface area contributed by atoms with Gasteiger partial charge in [-0.2, -0.15) is 0 Å². The highest BCUT2D eigenvalue weighted by Crippen LogP contribution is 2.31. The largest absolute Gasteiger partial charge is 0.546 e. The van der Waals surface area contributed by atoms with E-state index >= 15 is 0 Å². The van der Waals surface area contributed by atoms with Crippen LogP contribution < -0.4 is 24.8 Å². The van der Waals surface area contributed by atoms with Crippen molar-refractivity contribution in [3.05, 3.63) is 59.2 Å². The van der Waals surface area contributed by atoms with Crippen LogP contribution in [0.25, 0.3) is 6.08 Å². The van der Waals surface area contributed by atoms with E-state index in [4.69, 9.17) is 21.7 Å². The number of carbonyl (C=O) groups is 3. The monoisotopic (exact) mass is 467 g/mol. The van der Waals surface area contributed by atoms with E-state index in [1.54, 1.807) is 31.2 Å². The van der Waals surface area contributed by atoms with Crippen molar-refractivity contribution in [3.8, 4) is 11.5 Å². The topological polar surface area (TPSA) is 108 Å². The maximum Gasteiger partial charge on any atom is 0.270 e. The Morgan fingerprint density at radius 3 is 2.45 bits per heavy atom. The van der Waals surface area contributed by atoms with E-state index in [-0.39, 0.29) is 22.2 Å². The number of thiocarbonyl (C=S) groups is 1. The Bertz CT molecular complexity index is 1130. The zero-order valence-electron chi connectivity index (χ0n) is 18.4. The molecule has 8 nitrogen and oxygen atoms in total. The normalized spacial score (nSPS) is 15.9. The first-order chi connectivity index (χ1) is 15.7. The number of carboxylic acids is 1. The van der Waals surface area contributed by atoms with Crippen LogP contribution in [0, 0.1) is 0 Å². The molecule has 0 radical (unpaired) electrons. The molecule has 1 atom stereocenters. The van der Waals surface area contributed by atoms with Crippen LogP contribution in [0.4, 0.5) is 5.69 Å². The number of aliphatic carboxylic acids is 1. The summed E-state index contributed by atoms with van der Waals surface area (Å²) in [7, 11) is 0. The lowest BCUT2D eigenvalue weighted by atomic mass is 10.1. The zero-order chi connectivity index (χ0) is 24.1. The predicted octanol–water partition coefficient (Wildman–Crippen LogP) is 2.00. The summed E-state index contributed by atoms with van der Waals surface area (Å²) in [6, 6.07) is 12.0. The molecule has 1 heterocycles. The van der Waals surface area contributed by atoms with Crippen molar-refractivity contribution in [3.63, 3.8) is 0 Å². The van der Waals surface area contributed by atoms with Gasteiger partial charge in [0.15, 0.2) is 16.6 Å². The van der Waals surface area contributed by atoms with Crippen molar-refractivity contribution in [2.45, 2.75) is 33.3 Å². The summed E-state index contributed by atoms with van der Waals surface area (Å²) in [5.74, 6) is -2.07.